The zero-order valence-corrected chi connectivity index (χ0v) is 11.6. The van der Waals surface area contributed by atoms with Crippen LogP contribution in [-0.2, 0) is 0 Å². The van der Waals surface area contributed by atoms with Crippen molar-refractivity contribution in [2.75, 3.05) is 6.61 Å². The van der Waals surface area contributed by atoms with Crippen molar-refractivity contribution < 1.29 is 13.9 Å². The van der Waals surface area contributed by atoms with E-state index in [1.54, 1.807) is 0 Å². The number of rotatable bonds is 2. The van der Waals surface area contributed by atoms with E-state index in [-0.39, 0.29) is 11.7 Å². The summed E-state index contributed by atoms with van der Waals surface area (Å²) in [6, 6.07) is 15.4. The summed E-state index contributed by atoms with van der Waals surface area (Å²) in [6.45, 7) is 2.41. The number of para-hydroxylation sites is 1. The highest BCUT2D eigenvalue weighted by Crippen LogP contribution is 2.36. The van der Waals surface area contributed by atoms with Gasteiger partial charge >= 0.3 is 0 Å². The molecular weight excluding hydrogens is 264 g/mol. The highest BCUT2D eigenvalue weighted by Gasteiger charge is 2.32. The molecule has 0 amide bonds. The summed E-state index contributed by atoms with van der Waals surface area (Å²) < 4.78 is 11.3. The second-order valence-corrected chi connectivity index (χ2v) is 5.42. The van der Waals surface area contributed by atoms with Gasteiger partial charge in [0.1, 0.15) is 17.9 Å². The quantitative estimate of drug-likeness (QED) is 0.662. The Labute approximate surface area is 122 Å². The van der Waals surface area contributed by atoms with Crippen LogP contribution in [0.5, 0.6) is 5.75 Å². The van der Waals surface area contributed by atoms with Crippen molar-refractivity contribution in [3.8, 4) is 5.75 Å². The molecule has 1 aliphatic rings. The van der Waals surface area contributed by atoms with Crippen LogP contribution in [0.2, 0.25) is 0 Å². The first kappa shape index (κ1) is 12.2. The summed E-state index contributed by atoms with van der Waals surface area (Å²) in [5.41, 5.74) is 2.84. The van der Waals surface area contributed by atoms with Crippen LogP contribution in [0.15, 0.2) is 52.9 Å². The highest BCUT2D eigenvalue weighted by molar-refractivity contribution is 6.02. The molecule has 0 N–H and O–H groups in total. The summed E-state index contributed by atoms with van der Waals surface area (Å²) in [4.78, 5) is 12.7. The van der Waals surface area contributed by atoms with Crippen LogP contribution in [0.4, 0.5) is 0 Å². The van der Waals surface area contributed by atoms with Gasteiger partial charge < -0.3 is 9.15 Å². The fourth-order valence-corrected chi connectivity index (χ4v) is 2.84. The molecule has 2 aromatic carbocycles. The van der Waals surface area contributed by atoms with Crippen molar-refractivity contribution in [1.29, 1.82) is 0 Å². The Morgan fingerprint density at radius 2 is 2.00 bits per heavy atom. The maximum Gasteiger partial charge on any atom is 0.209 e. The van der Waals surface area contributed by atoms with Gasteiger partial charge in [0.15, 0.2) is 5.76 Å². The molecule has 0 spiro atoms. The van der Waals surface area contributed by atoms with E-state index in [1.165, 1.54) is 0 Å². The van der Waals surface area contributed by atoms with Gasteiger partial charge in [0.05, 0.1) is 5.92 Å². The maximum atomic E-state index is 12.7. The Morgan fingerprint density at radius 3 is 2.90 bits per heavy atom. The molecule has 3 aromatic rings. The molecule has 3 heteroatoms. The van der Waals surface area contributed by atoms with Gasteiger partial charge in [-0.15, -0.1) is 0 Å². The van der Waals surface area contributed by atoms with Crippen LogP contribution in [0.1, 0.15) is 27.6 Å². The van der Waals surface area contributed by atoms with Crippen LogP contribution < -0.4 is 4.74 Å². The third-order valence-corrected chi connectivity index (χ3v) is 3.93. The van der Waals surface area contributed by atoms with Crippen LogP contribution in [0, 0.1) is 6.92 Å². The Morgan fingerprint density at radius 1 is 1.14 bits per heavy atom. The van der Waals surface area contributed by atoms with E-state index < -0.39 is 0 Å². The van der Waals surface area contributed by atoms with E-state index in [4.69, 9.17) is 9.15 Å². The molecule has 1 aliphatic heterocycles. The van der Waals surface area contributed by atoms with E-state index >= 15 is 0 Å². The van der Waals surface area contributed by atoms with Crippen LogP contribution in [-0.4, -0.2) is 12.4 Å². The lowest BCUT2D eigenvalue weighted by molar-refractivity contribution is 0.0922. The monoisotopic (exact) mass is 278 g/mol. The topological polar surface area (TPSA) is 39.4 Å². The minimum Gasteiger partial charge on any atom is -0.492 e. The highest BCUT2D eigenvalue weighted by atomic mass is 16.5. The van der Waals surface area contributed by atoms with Crippen LogP contribution >= 0.6 is 0 Å². The fourth-order valence-electron chi connectivity index (χ4n) is 2.84. The number of aryl methyl sites for hydroxylation is 1. The Hall–Kier alpha value is -2.55. The molecule has 104 valence electrons. The smallest absolute Gasteiger partial charge is 0.209 e. The number of benzene rings is 2. The lowest BCUT2D eigenvalue weighted by atomic mass is 9.95. The molecule has 1 aromatic heterocycles. The van der Waals surface area contributed by atoms with Crippen molar-refractivity contribution in [2.24, 2.45) is 0 Å². The summed E-state index contributed by atoms with van der Waals surface area (Å²) in [5, 5.41) is 0.963. The van der Waals surface area contributed by atoms with Gasteiger partial charge in [-0.1, -0.05) is 29.8 Å². The van der Waals surface area contributed by atoms with Gasteiger partial charge in [-0.3, -0.25) is 4.79 Å². The molecule has 0 aliphatic carbocycles. The summed E-state index contributed by atoms with van der Waals surface area (Å²) in [5.74, 6) is 0.903. The molecule has 1 unspecified atom stereocenters. The van der Waals surface area contributed by atoms with Gasteiger partial charge in [0.2, 0.25) is 5.78 Å². The van der Waals surface area contributed by atoms with E-state index in [2.05, 4.69) is 0 Å². The fraction of sp³-hybridized carbons (Fsp3) is 0.167. The zero-order chi connectivity index (χ0) is 14.4. The molecule has 0 saturated heterocycles. The van der Waals surface area contributed by atoms with Gasteiger partial charge in [0.25, 0.3) is 0 Å². The number of hydrogen-bond donors (Lipinski definition) is 0. The standard InChI is InChI=1S/C18H14O3/c1-11-6-7-15-12(8-11)9-17(21-15)18(19)14-10-20-16-5-3-2-4-13(14)16/h2-9,14H,10H2,1H3. The molecule has 0 radical (unpaired) electrons. The largest absolute Gasteiger partial charge is 0.492 e. The average molecular weight is 278 g/mol. The number of hydrogen-bond acceptors (Lipinski definition) is 3. The van der Waals surface area contributed by atoms with E-state index in [0.29, 0.717) is 12.4 Å². The van der Waals surface area contributed by atoms with Crippen molar-refractivity contribution in [2.45, 2.75) is 12.8 Å². The average Bonchev–Trinajstić information content (AvgIpc) is 3.09. The number of fused-ring (bicyclic) bond motifs is 2. The number of ketones is 1. The molecule has 21 heavy (non-hydrogen) atoms. The number of Topliss-reactive ketones (excluding diaryl/α,β-unsaturated/α-hetero) is 1. The van der Waals surface area contributed by atoms with E-state index in [9.17, 15) is 4.79 Å². The van der Waals surface area contributed by atoms with Gasteiger partial charge in [-0.2, -0.15) is 0 Å². The van der Waals surface area contributed by atoms with Gasteiger partial charge in [0, 0.05) is 10.9 Å². The SMILES string of the molecule is Cc1ccc2oc(C(=O)C3COc4ccccc43)cc2c1. The maximum absolute atomic E-state index is 12.7. The zero-order valence-electron chi connectivity index (χ0n) is 11.6. The first-order valence-corrected chi connectivity index (χ1v) is 6.98. The minimum absolute atomic E-state index is 0.0196. The lowest BCUT2D eigenvalue weighted by Crippen LogP contribution is -2.13. The van der Waals surface area contributed by atoms with Crippen LogP contribution in [0.3, 0.4) is 0 Å². The van der Waals surface area contributed by atoms with Gasteiger partial charge in [-0.05, 0) is 31.2 Å². The summed E-state index contributed by atoms with van der Waals surface area (Å²) in [7, 11) is 0. The van der Waals surface area contributed by atoms with Crippen molar-refractivity contribution in [3.05, 3.63) is 65.4 Å². The normalized spacial score (nSPS) is 16.7. The summed E-state index contributed by atoms with van der Waals surface area (Å²) >= 11 is 0. The second-order valence-electron chi connectivity index (χ2n) is 5.42. The number of carbonyl (C=O) groups is 1. The van der Waals surface area contributed by atoms with E-state index in [0.717, 1.165) is 27.8 Å². The Balaban J connectivity index is 1.74. The van der Waals surface area contributed by atoms with Crippen molar-refractivity contribution in [3.63, 3.8) is 0 Å². The Kier molecular flexibility index (Phi) is 2.61. The number of furan rings is 1. The molecule has 4 rings (SSSR count). The third-order valence-electron chi connectivity index (χ3n) is 3.93. The Bertz CT molecular complexity index is 845. The third kappa shape index (κ3) is 1.93. The molecule has 1 atom stereocenters. The lowest BCUT2D eigenvalue weighted by Gasteiger charge is -2.04. The second kappa shape index (κ2) is 4.48. The summed E-state index contributed by atoms with van der Waals surface area (Å²) in [6.07, 6.45) is 0. The molecule has 2 heterocycles. The first-order chi connectivity index (χ1) is 10.2. The predicted molar refractivity (Wildman–Crippen MR) is 80.0 cm³/mol. The number of carbonyl (C=O) groups excluding carboxylic acids is 1. The molecule has 3 nitrogen and oxygen atoms in total. The van der Waals surface area contributed by atoms with Crippen LogP contribution in [0.25, 0.3) is 11.0 Å². The molecule has 0 fully saturated rings. The predicted octanol–water partition coefficient (Wildman–Crippen LogP) is 4.10. The molecule has 0 saturated carbocycles. The number of ether oxygens (including phenoxy) is 1. The molecular formula is C18H14O3. The minimum atomic E-state index is -0.275. The van der Waals surface area contributed by atoms with Gasteiger partial charge in [-0.25, -0.2) is 0 Å². The first-order valence-electron chi connectivity index (χ1n) is 6.98. The van der Waals surface area contributed by atoms with Crippen molar-refractivity contribution in [1.82, 2.24) is 0 Å². The molecule has 0 bridgehead atoms. The van der Waals surface area contributed by atoms with Crippen molar-refractivity contribution >= 4 is 16.8 Å². The van der Waals surface area contributed by atoms with E-state index in [1.807, 2.05) is 55.5 Å².